The average Bonchev–Trinajstić information content (AvgIpc) is 2.04. The molecule has 2 N–H and O–H groups in total. The van der Waals surface area contributed by atoms with Crippen LogP contribution in [0, 0.1) is 11.8 Å². The zero-order chi connectivity index (χ0) is 9.40. The summed E-state index contributed by atoms with van der Waals surface area (Å²) < 4.78 is 0. The predicted molar refractivity (Wildman–Crippen MR) is 44.2 cm³/mol. The van der Waals surface area contributed by atoms with E-state index in [1.165, 1.54) is 4.90 Å². The molecule has 0 spiro atoms. The van der Waals surface area contributed by atoms with E-state index in [0.29, 0.717) is 0 Å². The molecule has 0 heterocycles. The molecular formula is C8H13NO3. The van der Waals surface area contributed by atoms with Crippen molar-refractivity contribution in [1.82, 2.24) is 4.90 Å². The van der Waals surface area contributed by atoms with Gasteiger partial charge in [0.1, 0.15) is 0 Å². The van der Waals surface area contributed by atoms with Gasteiger partial charge in [-0.2, -0.15) is 0 Å². The first kappa shape index (κ1) is 11.0. The molecule has 0 aliphatic rings. The predicted octanol–water partition coefficient (Wildman–Crippen LogP) is -1.18. The summed E-state index contributed by atoms with van der Waals surface area (Å²) in [6.45, 7) is 1.77. The minimum atomic E-state index is -0.361. The smallest absolute Gasteiger partial charge is 0.298 e. The molecule has 0 aliphatic carbocycles. The van der Waals surface area contributed by atoms with Gasteiger partial charge in [0.2, 0.25) is 0 Å². The van der Waals surface area contributed by atoms with Crippen LogP contribution in [-0.2, 0) is 4.79 Å². The topological polar surface area (TPSA) is 60.8 Å². The van der Waals surface area contributed by atoms with Crippen molar-refractivity contribution < 1.29 is 15.0 Å². The Labute approximate surface area is 71.8 Å². The van der Waals surface area contributed by atoms with Gasteiger partial charge in [0.05, 0.1) is 13.2 Å². The lowest BCUT2D eigenvalue weighted by Crippen LogP contribution is -2.34. The highest BCUT2D eigenvalue weighted by Gasteiger charge is 2.08. The van der Waals surface area contributed by atoms with E-state index in [4.69, 9.17) is 10.2 Å². The van der Waals surface area contributed by atoms with E-state index >= 15 is 0 Å². The maximum Gasteiger partial charge on any atom is 0.298 e. The number of nitrogens with zero attached hydrogens (tertiary/aromatic N) is 1. The van der Waals surface area contributed by atoms with Crippen molar-refractivity contribution in [3.05, 3.63) is 0 Å². The first-order chi connectivity index (χ1) is 5.76. The Morgan fingerprint density at radius 1 is 1.33 bits per heavy atom. The first-order valence-electron chi connectivity index (χ1n) is 3.69. The molecule has 0 atom stereocenters. The van der Waals surface area contributed by atoms with Gasteiger partial charge in [-0.15, -0.1) is 0 Å². The summed E-state index contributed by atoms with van der Waals surface area (Å²) in [5.41, 5.74) is 0. The fourth-order valence-corrected chi connectivity index (χ4v) is 0.742. The lowest BCUT2D eigenvalue weighted by Gasteiger charge is -2.16. The lowest BCUT2D eigenvalue weighted by molar-refractivity contribution is -0.126. The Morgan fingerprint density at radius 2 is 1.83 bits per heavy atom. The molecule has 1 amide bonds. The van der Waals surface area contributed by atoms with Crippen LogP contribution >= 0.6 is 0 Å². The van der Waals surface area contributed by atoms with Crippen LogP contribution in [0.25, 0.3) is 0 Å². The number of carbonyl (C=O) groups excluding carboxylic acids is 1. The zero-order valence-corrected chi connectivity index (χ0v) is 7.08. The van der Waals surface area contributed by atoms with Gasteiger partial charge in [0, 0.05) is 13.1 Å². The molecule has 0 saturated heterocycles. The van der Waals surface area contributed by atoms with Crippen molar-refractivity contribution in [2.45, 2.75) is 6.92 Å². The molecule has 0 saturated carbocycles. The third-order valence-electron chi connectivity index (χ3n) is 1.26. The highest BCUT2D eigenvalue weighted by molar-refractivity contribution is 5.93. The summed E-state index contributed by atoms with van der Waals surface area (Å²) >= 11 is 0. The Kier molecular flexibility index (Phi) is 6.07. The number of aliphatic hydroxyl groups is 2. The number of aliphatic hydroxyl groups excluding tert-OH is 2. The monoisotopic (exact) mass is 171 g/mol. The van der Waals surface area contributed by atoms with Gasteiger partial charge in [-0.05, 0) is 12.8 Å². The number of amides is 1. The SMILES string of the molecule is CC#CC(=O)N(CCO)CCO. The van der Waals surface area contributed by atoms with E-state index in [1.54, 1.807) is 6.92 Å². The molecule has 0 fully saturated rings. The maximum atomic E-state index is 11.1. The molecule has 0 aromatic heterocycles. The van der Waals surface area contributed by atoms with Crippen molar-refractivity contribution in [3.8, 4) is 11.8 Å². The fourth-order valence-electron chi connectivity index (χ4n) is 0.742. The van der Waals surface area contributed by atoms with E-state index in [0.717, 1.165) is 0 Å². The summed E-state index contributed by atoms with van der Waals surface area (Å²) in [4.78, 5) is 12.4. The Balaban J connectivity index is 4.05. The number of carbonyl (C=O) groups is 1. The summed E-state index contributed by atoms with van der Waals surface area (Å²) in [5, 5.41) is 17.1. The molecule has 0 aromatic carbocycles. The molecule has 4 nitrogen and oxygen atoms in total. The van der Waals surface area contributed by atoms with Gasteiger partial charge >= 0.3 is 0 Å². The van der Waals surface area contributed by atoms with E-state index in [1.807, 2.05) is 0 Å². The van der Waals surface area contributed by atoms with Crippen LogP contribution in [0.3, 0.4) is 0 Å². The molecular weight excluding hydrogens is 158 g/mol. The first-order valence-corrected chi connectivity index (χ1v) is 3.69. The van der Waals surface area contributed by atoms with Crippen LogP contribution in [0.4, 0.5) is 0 Å². The van der Waals surface area contributed by atoms with Gasteiger partial charge in [-0.1, -0.05) is 5.92 Å². The second-order valence-electron chi connectivity index (χ2n) is 2.11. The van der Waals surface area contributed by atoms with Gasteiger partial charge in [0.25, 0.3) is 5.91 Å². The highest BCUT2D eigenvalue weighted by atomic mass is 16.3. The normalized spacial score (nSPS) is 8.58. The molecule has 0 radical (unpaired) electrons. The van der Waals surface area contributed by atoms with Crippen molar-refractivity contribution >= 4 is 5.91 Å². The van der Waals surface area contributed by atoms with Crippen LogP contribution in [0.15, 0.2) is 0 Å². The molecule has 0 aromatic rings. The highest BCUT2D eigenvalue weighted by Crippen LogP contribution is 1.87. The van der Waals surface area contributed by atoms with Gasteiger partial charge < -0.3 is 15.1 Å². The Hall–Kier alpha value is -1.05. The average molecular weight is 171 g/mol. The summed E-state index contributed by atoms with van der Waals surface area (Å²) in [5.74, 6) is 4.43. The second kappa shape index (κ2) is 6.65. The van der Waals surface area contributed by atoms with Gasteiger partial charge in [0.15, 0.2) is 0 Å². The third-order valence-corrected chi connectivity index (χ3v) is 1.26. The molecule has 68 valence electrons. The molecule has 0 rings (SSSR count). The second-order valence-corrected chi connectivity index (χ2v) is 2.11. The summed E-state index contributed by atoms with van der Waals surface area (Å²) in [7, 11) is 0. The number of hydrogen-bond donors (Lipinski definition) is 2. The van der Waals surface area contributed by atoms with Gasteiger partial charge in [-0.3, -0.25) is 4.79 Å². The van der Waals surface area contributed by atoms with Crippen LogP contribution in [0.5, 0.6) is 0 Å². The molecule has 0 aliphatic heterocycles. The maximum absolute atomic E-state index is 11.1. The fraction of sp³-hybridized carbons (Fsp3) is 0.625. The van der Waals surface area contributed by atoms with Crippen molar-refractivity contribution in [2.75, 3.05) is 26.3 Å². The molecule has 0 bridgehead atoms. The molecule has 12 heavy (non-hydrogen) atoms. The van der Waals surface area contributed by atoms with E-state index in [2.05, 4.69) is 11.8 Å². The third kappa shape index (κ3) is 3.96. The summed E-state index contributed by atoms with van der Waals surface area (Å²) in [6, 6.07) is 0. The van der Waals surface area contributed by atoms with Gasteiger partial charge in [-0.25, -0.2) is 0 Å². The van der Waals surface area contributed by atoms with Crippen LogP contribution in [-0.4, -0.2) is 47.3 Å². The number of rotatable bonds is 4. The van der Waals surface area contributed by atoms with Crippen molar-refractivity contribution in [3.63, 3.8) is 0 Å². The van der Waals surface area contributed by atoms with Crippen molar-refractivity contribution in [2.24, 2.45) is 0 Å². The minimum absolute atomic E-state index is 0.114. The standard InChI is InChI=1S/C8H13NO3/c1-2-3-8(12)9(4-6-10)5-7-11/h10-11H,4-7H2,1H3. The van der Waals surface area contributed by atoms with Crippen LogP contribution in [0.1, 0.15) is 6.92 Å². The largest absolute Gasteiger partial charge is 0.395 e. The lowest BCUT2D eigenvalue weighted by atomic mass is 10.4. The van der Waals surface area contributed by atoms with E-state index in [-0.39, 0.29) is 32.2 Å². The Morgan fingerprint density at radius 3 is 2.17 bits per heavy atom. The van der Waals surface area contributed by atoms with Crippen LogP contribution in [0.2, 0.25) is 0 Å². The van der Waals surface area contributed by atoms with E-state index in [9.17, 15) is 4.79 Å². The minimum Gasteiger partial charge on any atom is -0.395 e. The van der Waals surface area contributed by atoms with Crippen molar-refractivity contribution in [1.29, 1.82) is 0 Å². The Bertz CT molecular complexity index is 186. The number of hydrogen-bond acceptors (Lipinski definition) is 3. The quantitative estimate of drug-likeness (QED) is 0.524. The van der Waals surface area contributed by atoms with Crippen LogP contribution < -0.4 is 0 Å². The zero-order valence-electron chi connectivity index (χ0n) is 7.08. The molecule has 4 heteroatoms. The van der Waals surface area contributed by atoms with E-state index < -0.39 is 0 Å². The summed E-state index contributed by atoms with van der Waals surface area (Å²) in [6.07, 6.45) is 0. The molecule has 0 unspecified atom stereocenters.